The molecule has 0 bridgehead atoms. The molecule has 1 amide bonds. The Morgan fingerprint density at radius 1 is 1.29 bits per heavy atom. The SMILES string of the molecule is CCCNc1ccc(C(=O)NCCN2CCOCC2)nn1. The van der Waals surface area contributed by atoms with Crippen molar-refractivity contribution in [3.8, 4) is 0 Å². The number of morpholine rings is 1. The Morgan fingerprint density at radius 2 is 2.10 bits per heavy atom. The molecular weight excluding hydrogens is 270 g/mol. The van der Waals surface area contributed by atoms with Crippen LogP contribution in [-0.4, -0.2) is 66.9 Å². The lowest BCUT2D eigenvalue weighted by Gasteiger charge is -2.26. The number of carbonyl (C=O) groups is 1. The Kier molecular flexibility index (Phi) is 6.36. The van der Waals surface area contributed by atoms with E-state index in [4.69, 9.17) is 4.74 Å². The quantitative estimate of drug-likeness (QED) is 0.756. The molecule has 21 heavy (non-hydrogen) atoms. The van der Waals surface area contributed by atoms with Gasteiger partial charge in [-0.05, 0) is 18.6 Å². The van der Waals surface area contributed by atoms with Crippen LogP contribution < -0.4 is 10.6 Å². The van der Waals surface area contributed by atoms with Gasteiger partial charge in [-0.15, -0.1) is 10.2 Å². The summed E-state index contributed by atoms with van der Waals surface area (Å²) < 4.78 is 5.28. The van der Waals surface area contributed by atoms with Crippen LogP contribution in [0.5, 0.6) is 0 Å². The number of hydrogen-bond acceptors (Lipinski definition) is 6. The van der Waals surface area contributed by atoms with Crippen molar-refractivity contribution in [2.45, 2.75) is 13.3 Å². The summed E-state index contributed by atoms with van der Waals surface area (Å²) in [5.74, 6) is 0.513. The van der Waals surface area contributed by atoms with E-state index in [9.17, 15) is 4.79 Å². The van der Waals surface area contributed by atoms with Crippen LogP contribution in [-0.2, 0) is 4.74 Å². The van der Waals surface area contributed by atoms with Gasteiger partial charge in [-0.1, -0.05) is 6.92 Å². The molecule has 1 saturated heterocycles. The number of hydrogen-bond donors (Lipinski definition) is 2. The molecule has 0 saturated carbocycles. The minimum Gasteiger partial charge on any atom is -0.379 e. The second kappa shape index (κ2) is 8.53. The number of rotatable bonds is 7. The molecule has 2 heterocycles. The number of anilines is 1. The number of nitrogens with one attached hydrogen (secondary N) is 2. The Hall–Kier alpha value is -1.73. The standard InChI is InChI=1S/C14H23N5O2/c1-2-5-15-13-4-3-12(17-18-13)14(20)16-6-7-19-8-10-21-11-9-19/h3-4H,2,5-11H2,1H3,(H,15,18)(H,16,20). The molecule has 1 aromatic rings. The smallest absolute Gasteiger partial charge is 0.271 e. The van der Waals surface area contributed by atoms with Crippen LogP contribution in [0.1, 0.15) is 23.8 Å². The molecule has 0 unspecified atom stereocenters. The van der Waals surface area contributed by atoms with E-state index in [1.165, 1.54) is 0 Å². The van der Waals surface area contributed by atoms with Gasteiger partial charge in [-0.3, -0.25) is 9.69 Å². The van der Waals surface area contributed by atoms with Crippen molar-refractivity contribution < 1.29 is 9.53 Å². The van der Waals surface area contributed by atoms with Crippen LogP contribution in [0.15, 0.2) is 12.1 Å². The summed E-state index contributed by atoms with van der Waals surface area (Å²) in [5.41, 5.74) is 0.346. The van der Waals surface area contributed by atoms with Gasteiger partial charge in [0.1, 0.15) is 5.82 Å². The second-order valence-electron chi connectivity index (χ2n) is 4.94. The molecule has 1 aliphatic heterocycles. The number of ether oxygens (including phenoxy) is 1. The zero-order valence-corrected chi connectivity index (χ0v) is 12.5. The summed E-state index contributed by atoms with van der Waals surface area (Å²) in [6, 6.07) is 3.47. The fourth-order valence-corrected chi connectivity index (χ4v) is 2.04. The van der Waals surface area contributed by atoms with Gasteiger partial charge < -0.3 is 15.4 Å². The number of carbonyl (C=O) groups excluding carboxylic acids is 1. The van der Waals surface area contributed by atoms with Crippen molar-refractivity contribution in [1.82, 2.24) is 20.4 Å². The average molecular weight is 293 g/mol. The van der Waals surface area contributed by atoms with Gasteiger partial charge in [-0.2, -0.15) is 0 Å². The molecule has 7 heteroatoms. The third-order valence-electron chi connectivity index (χ3n) is 3.27. The van der Waals surface area contributed by atoms with E-state index >= 15 is 0 Å². The minimum atomic E-state index is -0.183. The van der Waals surface area contributed by atoms with Crippen LogP contribution >= 0.6 is 0 Å². The molecule has 0 aliphatic carbocycles. The van der Waals surface area contributed by atoms with Crippen LogP contribution in [0.3, 0.4) is 0 Å². The fourth-order valence-electron chi connectivity index (χ4n) is 2.04. The predicted octanol–water partition coefficient (Wildman–Crippen LogP) is 0.361. The second-order valence-corrected chi connectivity index (χ2v) is 4.94. The van der Waals surface area contributed by atoms with Crippen molar-refractivity contribution in [3.05, 3.63) is 17.8 Å². The zero-order chi connectivity index (χ0) is 14.9. The predicted molar refractivity (Wildman–Crippen MR) is 80.4 cm³/mol. The van der Waals surface area contributed by atoms with Gasteiger partial charge in [-0.25, -0.2) is 0 Å². The molecule has 2 rings (SSSR count). The highest BCUT2D eigenvalue weighted by Crippen LogP contribution is 2.02. The minimum absolute atomic E-state index is 0.183. The summed E-state index contributed by atoms with van der Waals surface area (Å²) in [6.45, 7) is 7.75. The fraction of sp³-hybridized carbons (Fsp3) is 0.643. The molecule has 2 N–H and O–H groups in total. The normalized spacial score (nSPS) is 15.7. The Morgan fingerprint density at radius 3 is 2.76 bits per heavy atom. The molecule has 116 valence electrons. The van der Waals surface area contributed by atoms with Gasteiger partial charge in [0, 0.05) is 32.7 Å². The van der Waals surface area contributed by atoms with Crippen molar-refractivity contribution in [2.75, 3.05) is 51.3 Å². The van der Waals surface area contributed by atoms with Crippen LogP contribution in [0, 0.1) is 0 Å². The van der Waals surface area contributed by atoms with Crippen molar-refractivity contribution in [3.63, 3.8) is 0 Å². The van der Waals surface area contributed by atoms with Crippen LogP contribution in [0.25, 0.3) is 0 Å². The van der Waals surface area contributed by atoms with Crippen molar-refractivity contribution >= 4 is 11.7 Å². The third-order valence-corrected chi connectivity index (χ3v) is 3.27. The highest BCUT2D eigenvalue weighted by atomic mass is 16.5. The lowest BCUT2D eigenvalue weighted by molar-refractivity contribution is 0.0383. The third kappa shape index (κ3) is 5.28. The van der Waals surface area contributed by atoms with E-state index in [1.807, 2.05) is 0 Å². The number of aromatic nitrogens is 2. The Labute approximate surface area is 125 Å². The van der Waals surface area contributed by atoms with E-state index in [0.29, 0.717) is 18.1 Å². The number of nitrogens with zero attached hydrogens (tertiary/aromatic N) is 3. The Balaban J connectivity index is 1.72. The maximum atomic E-state index is 11.9. The lowest BCUT2D eigenvalue weighted by atomic mass is 10.3. The number of amides is 1. The maximum absolute atomic E-state index is 11.9. The van der Waals surface area contributed by atoms with Gasteiger partial charge in [0.25, 0.3) is 5.91 Å². The monoisotopic (exact) mass is 293 g/mol. The first-order valence-electron chi connectivity index (χ1n) is 7.45. The van der Waals surface area contributed by atoms with Gasteiger partial charge in [0.05, 0.1) is 13.2 Å². The summed E-state index contributed by atoms with van der Waals surface area (Å²) in [4.78, 5) is 14.2. The van der Waals surface area contributed by atoms with E-state index in [2.05, 4.69) is 32.7 Å². The largest absolute Gasteiger partial charge is 0.379 e. The summed E-state index contributed by atoms with van der Waals surface area (Å²) in [7, 11) is 0. The average Bonchev–Trinajstić information content (AvgIpc) is 2.54. The van der Waals surface area contributed by atoms with E-state index < -0.39 is 0 Å². The molecule has 0 spiro atoms. The molecule has 0 radical (unpaired) electrons. The van der Waals surface area contributed by atoms with Gasteiger partial charge in [0.2, 0.25) is 0 Å². The topological polar surface area (TPSA) is 79.4 Å². The maximum Gasteiger partial charge on any atom is 0.271 e. The zero-order valence-electron chi connectivity index (χ0n) is 12.5. The first-order valence-corrected chi connectivity index (χ1v) is 7.45. The lowest BCUT2D eigenvalue weighted by Crippen LogP contribution is -2.41. The highest BCUT2D eigenvalue weighted by molar-refractivity contribution is 5.92. The molecule has 1 aromatic heterocycles. The first-order chi connectivity index (χ1) is 10.3. The summed E-state index contributed by atoms with van der Waals surface area (Å²) in [5, 5.41) is 13.9. The van der Waals surface area contributed by atoms with Crippen molar-refractivity contribution in [2.24, 2.45) is 0 Å². The van der Waals surface area contributed by atoms with Crippen molar-refractivity contribution in [1.29, 1.82) is 0 Å². The van der Waals surface area contributed by atoms with E-state index in [-0.39, 0.29) is 5.91 Å². The van der Waals surface area contributed by atoms with Crippen LogP contribution in [0.4, 0.5) is 5.82 Å². The Bertz CT molecular complexity index is 431. The molecule has 1 aliphatic rings. The molecule has 7 nitrogen and oxygen atoms in total. The molecule has 0 aromatic carbocycles. The summed E-state index contributed by atoms with van der Waals surface area (Å²) in [6.07, 6.45) is 1.02. The van der Waals surface area contributed by atoms with E-state index in [1.54, 1.807) is 12.1 Å². The molecule has 1 fully saturated rings. The summed E-state index contributed by atoms with van der Waals surface area (Å²) >= 11 is 0. The highest BCUT2D eigenvalue weighted by Gasteiger charge is 2.11. The van der Waals surface area contributed by atoms with Gasteiger partial charge >= 0.3 is 0 Å². The van der Waals surface area contributed by atoms with Crippen LogP contribution in [0.2, 0.25) is 0 Å². The van der Waals surface area contributed by atoms with E-state index in [0.717, 1.165) is 45.8 Å². The first kappa shape index (κ1) is 15.7. The molecular formula is C14H23N5O2. The van der Waals surface area contributed by atoms with Gasteiger partial charge in [0.15, 0.2) is 5.69 Å². The molecule has 0 atom stereocenters.